The zero-order valence-electron chi connectivity index (χ0n) is 7.79. The molecule has 2 nitrogen and oxygen atoms in total. The standard InChI is InChI=1S/C11H10FNO/c1-7-5-8(6-14)13-11-9(7)3-2-4-10(11)12/h2-5,14H,6H2,1H3. The van der Waals surface area contributed by atoms with Crippen LogP contribution in [0.25, 0.3) is 10.9 Å². The van der Waals surface area contributed by atoms with Crippen LogP contribution in [-0.4, -0.2) is 10.1 Å². The minimum absolute atomic E-state index is 0.162. The summed E-state index contributed by atoms with van der Waals surface area (Å²) >= 11 is 0. The van der Waals surface area contributed by atoms with E-state index in [2.05, 4.69) is 4.98 Å². The Bertz CT molecular complexity index is 482. The minimum Gasteiger partial charge on any atom is -0.390 e. The zero-order chi connectivity index (χ0) is 10.1. The average Bonchev–Trinajstić information content (AvgIpc) is 2.19. The summed E-state index contributed by atoms with van der Waals surface area (Å²) in [6, 6.07) is 6.62. The van der Waals surface area contributed by atoms with E-state index in [0.717, 1.165) is 10.9 Å². The molecule has 0 saturated heterocycles. The van der Waals surface area contributed by atoms with Crippen LogP contribution in [-0.2, 0) is 6.61 Å². The molecule has 0 aliphatic rings. The molecule has 0 atom stereocenters. The number of benzene rings is 1. The van der Waals surface area contributed by atoms with Crippen molar-refractivity contribution in [2.45, 2.75) is 13.5 Å². The first-order chi connectivity index (χ1) is 6.72. The first-order valence-electron chi connectivity index (χ1n) is 4.38. The van der Waals surface area contributed by atoms with Crippen LogP contribution in [0.1, 0.15) is 11.3 Å². The van der Waals surface area contributed by atoms with E-state index in [0.29, 0.717) is 11.2 Å². The van der Waals surface area contributed by atoms with Gasteiger partial charge in [-0.2, -0.15) is 0 Å². The molecular weight excluding hydrogens is 181 g/mol. The number of rotatable bonds is 1. The lowest BCUT2D eigenvalue weighted by molar-refractivity contribution is 0.277. The van der Waals surface area contributed by atoms with Crippen molar-refractivity contribution in [2.24, 2.45) is 0 Å². The Morgan fingerprint density at radius 1 is 1.43 bits per heavy atom. The monoisotopic (exact) mass is 191 g/mol. The molecule has 1 heterocycles. The number of aliphatic hydroxyl groups is 1. The molecular formula is C11H10FNO. The number of aryl methyl sites for hydroxylation is 1. The Morgan fingerprint density at radius 2 is 2.21 bits per heavy atom. The number of aliphatic hydroxyl groups excluding tert-OH is 1. The third-order valence-electron chi connectivity index (χ3n) is 2.21. The molecule has 72 valence electrons. The molecule has 14 heavy (non-hydrogen) atoms. The summed E-state index contributed by atoms with van der Waals surface area (Å²) < 4.78 is 13.3. The van der Waals surface area contributed by atoms with E-state index in [9.17, 15) is 4.39 Å². The molecule has 1 aromatic heterocycles. The van der Waals surface area contributed by atoms with Gasteiger partial charge in [0.2, 0.25) is 0 Å². The Hall–Kier alpha value is -1.48. The second-order valence-electron chi connectivity index (χ2n) is 3.22. The Labute approximate surface area is 81.0 Å². The number of hydrogen-bond acceptors (Lipinski definition) is 2. The summed E-state index contributed by atoms with van der Waals surface area (Å²) in [5.41, 5.74) is 1.76. The maximum Gasteiger partial charge on any atom is 0.149 e. The number of fused-ring (bicyclic) bond motifs is 1. The van der Waals surface area contributed by atoms with Crippen molar-refractivity contribution in [1.29, 1.82) is 0 Å². The van der Waals surface area contributed by atoms with Crippen LogP contribution in [0.2, 0.25) is 0 Å². The number of aromatic nitrogens is 1. The van der Waals surface area contributed by atoms with Crippen LogP contribution in [0.5, 0.6) is 0 Å². The van der Waals surface area contributed by atoms with E-state index in [-0.39, 0.29) is 12.4 Å². The Morgan fingerprint density at radius 3 is 2.93 bits per heavy atom. The molecule has 0 fully saturated rings. The summed E-state index contributed by atoms with van der Waals surface area (Å²) in [5, 5.41) is 9.72. The second kappa shape index (κ2) is 3.35. The van der Waals surface area contributed by atoms with Gasteiger partial charge in [-0.25, -0.2) is 9.37 Å². The van der Waals surface area contributed by atoms with Gasteiger partial charge in [0.25, 0.3) is 0 Å². The molecule has 1 aromatic carbocycles. The van der Waals surface area contributed by atoms with Crippen molar-refractivity contribution in [1.82, 2.24) is 4.98 Å². The van der Waals surface area contributed by atoms with Gasteiger partial charge < -0.3 is 5.11 Å². The lowest BCUT2D eigenvalue weighted by Gasteiger charge is -2.04. The van der Waals surface area contributed by atoms with Crippen LogP contribution in [0.3, 0.4) is 0 Å². The van der Waals surface area contributed by atoms with Crippen LogP contribution in [0.15, 0.2) is 24.3 Å². The van der Waals surface area contributed by atoms with E-state index in [1.165, 1.54) is 6.07 Å². The maximum absolute atomic E-state index is 13.3. The molecule has 0 amide bonds. The summed E-state index contributed by atoms with van der Waals surface area (Å²) in [6.07, 6.45) is 0. The molecule has 1 N–H and O–H groups in total. The van der Waals surface area contributed by atoms with Crippen LogP contribution in [0.4, 0.5) is 4.39 Å². The fourth-order valence-electron chi connectivity index (χ4n) is 1.53. The van der Waals surface area contributed by atoms with Crippen molar-refractivity contribution in [3.8, 4) is 0 Å². The van der Waals surface area contributed by atoms with Gasteiger partial charge in [-0.15, -0.1) is 0 Å². The lowest BCUT2D eigenvalue weighted by Crippen LogP contribution is -1.94. The van der Waals surface area contributed by atoms with Gasteiger partial charge in [0.15, 0.2) is 0 Å². The molecule has 0 spiro atoms. The van der Waals surface area contributed by atoms with Gasteiger partial charge in [0, 0.05) is 5.39 Å². The van der Waals surface area contributed by atoms with E-state index >= 15 is 0 Å². The summed E-state index contributed by atoms with van der Waals surface area (Å²) in [7, 11) is 0. The highest BCUT2D eigenvalue weighted by Crippen LogP contribution is 2.20. The van der Waals surface area contributed by atoms with Gasteiger partial charge in [0.05, 0.1) is 12.3 Å². The number of halogens is 1. The molecule has 0 bridgehead atoms. The topological polar surface area (TPSA) is 33.1 Å². The quantitative estimate of drug-likeness (QED) is 0.749. The predicted octanol–water partition coefficient (Wildman–Crippen LogP) is 2.17. The van der Waals surface area contributed by atoms with E-state index in [4.69, 9.17) is 5.11 Å². The van der Waals surface area contributed by atoms with Gasteiger partial charge in [0.1, 0.15) is 11.3 Å². The fourth-order valence-corrected chi connectivity index (χ4v) is 1.53. The SMILES string of the molecule is Cc1cc(CO)nc2c(F)cccc12. The predicted molar refractivity (Wildman–Crippen MR) is 52.4 cm³/mol. The van der Waals surface area contributed by atoms with E-state index in [1.807, 2.05) is 13.0 Å². The van der Waals surface area contributed by atoms with Crippen LogP contribution >= 0.6 is 0 Å². The highest BCUT2D eigenvalue weighted by atomic mass is 19.1. The second-order valence-corrected chi connectivity index (χ2v) is 3.22. The molecule has 2 rings (SSSR count). The Balaban J connectivity index is 2.83. The smallest absolute Gasteiger partial charge is 0.149 e. The molecule has 0 aliphatic heterocycles. The normalized spacial score (nSPS) is 10.8. The van der Waals surface area contributed by atoms with Gasteiger partial charge in [-0.05, 0) is 24.6 Å². The molecule has 0 radical (unpaired) electrons. The number of hydrogen-bond donors (Lipinski definition) is 1. The first kappa shape index (κ1) is 9.09. The number of nitrogens with zero attached hydrogens (tertiary/aromatic N) is 1. The molecule has 0 unspecified atom stereocenters. The molecule has 3 heteroatoms. The van der Waals surface area contributed by atoms with E-state index < -0.39 is 0 Å². The molecule has 2 aromatic rings. The number of para-hydroxylation sites is 1. The summed E-state index contributed by atoms with van der Waals surface area (Å²) in [6.45, 7) is 1.72. The molecule has 0 saturated carbocycles. The minimum atomic E-state index is -0.346. The highest BCUT2D eigenvalue weighted by molar-refractivity contribution is 5.82. The number of pyridine rings is 1. The van der Waals surface area contributed by atoms with Gasteiger partial charge in [-0.1, -0.05) is 12.1 Å². The summed E-state index contributed by atoms with van der Waals surface area (Å²) in [4.78, 5) is 4.03. The Kier molecular flexibility index (Phi) is 2.17. The van der Waals surface area contributed by atoms with Gasteiger partial charge >= 0.3 is 0 Å². The lowest BCUT2D eigenvalue weighted by atomic mass is 10.1. The van der Waals surface area contributed by atoms with Gasteiger partial charge in [-0.3, -0.25) is 0 Å². The maximum atomic E-state index is 13.3. The van der Waals surface area contributed by atoms with Crippen molar-refractivity contribution in [3.05, 3.63) is 41.3 Å². The highest BCUT2D eigenvalue weighted by Gasteiger charge is 2.05. The average molecular weight is 191 g/mol. The van der Waals surface area contributed by atoms with E-state index in [1.54, 1.807) is 12.1 Å². The van der Waals surface area contributed by atoms with Crippen LogP contribution < -0.4 is 0 Å². The zero-order valence-corrected chi connectivity index (χ0v) is 7.79. The summed E-state index contributed by atoms with van der Waals surface area (Å²) in [5.74, 6) is -0.346. The van der Waals surface area contributed by atoms with Crippen molar-refractivity contribution in [2.75, 3.05) is 0 Å². The van der Waals surface area contributed by atoms with Crippen molar-refractivity contribution < 1.29 is 9.50 Å². The van der Waals surface area contributed by atoms with Crippen LogP contribution in [0, 0.1) is 12.7 Å². The fraction of sp³-hybridized carbons (Fsp3) is 0.182. The third kappa shape index (κ3) is 1.36. The third-order valence-corrected chi connectivity index (χ3v) is 2.21. The first-order valence-corrected chi connectivity index (χ1v) is 4.38. The van der Waals surface area contributed by atoms with Crippen molar-refractivity contribution >= 4 is 10.9 Å². The largest absolute Gasteiger partial charge is 0.390 e. The van der Waals surface area contributed by atoms with Crippen molar-refractivity contribution in [3.63, 3.8) is 0 Å². The molecule has 0 aliphatic carbocycles.